The minimum Gasteiger partial charge on any atom is -0.496 e. The van der Waals surface area contributed by atoms with E-state index in [1.54, 1.807) is 14.2 Å². The standard InChI is InChI=1S/C31H48O2/c1-22(2)14-11-15-23(3)16-12-17-24(4)18-13-19-25(5)20-21-29-28(8)30(32-9)26(6)27(7)31(29)33-10/h14,16,18,20H,11-13,15,17,19,21H2,1-10H3/b23-16?,24-18?,25-20+. The molecule has 0 radical (unpaired) electrons. The highest BCUT2D eigenvalue weighted by Gasteiger charge is 2.17. The van der Waals surface area contributed by atoms with Crippen LogP contribution < -0.4 is 9.47 Å². The van der Waals surface area contributed by atoms with Gasteiger partial charge in [0.1, 0.15) is 11.5 Å². The molecule has 184 valence electrons. The molecule has 0 unspecified atom stereocenters. The van der Waals surface area contributed by atoms with Gasteiger partial charge in [0, 0.05) is 5.56 Å². The zero-order valence-electron chi connectivity index (χ0n) is 23.1. The summed E-state index contributed by atoms with van der Waals surface area (Å²) in [6.45, 7) is 17.5. The first kappa shape index (κ1) is 28.8. The number of benzene rings is 1. The third kappa shape index (κ3) is 9.66. The molecule has 2 heteroatoms. The molecule has 1 aromatic rings. The molecule has 0 aliphatic carbocycles. The average Bonchev–Trinajstić information content (AvgIpc) is 2.75. The highest BCUT2D eigenvalue weighted by molar-refractivity contribution is 5.58. The van der Waals surface area contributed by atoms with Gasteiger partial charge in [-0.3, -0.25) is 0 Å². The maximum absolute atomic E-state index is 5.77. The van der Waals surface area contributed by atoms with Crippen molar-refractivity contribution >= 4 is 0 Å². The van der Waals surface area contributed by atoms with E-state index in [-0.39, 0.29) is 0 Å². The Morgan fingerprint density at radius 1 is 0.576 bits per heavy atom. The summed E-state index contributed by atoms with van der Waals surface area (Å²) in [7, 11) is 3.52. The Bertz CT molecular complexity index is 890. The van der Waals surface area contributed by atoms with Crippen LogP contribution in [0.15, 0.2) is 46.6 Å². The summed E-state index contributed by atoms with van der Waals surface area (Å²) in [4.78, 5) is 0. The van der Waals surface area contributed by atoms with Gasteiger partial charge in [-0.25, -0.2) is 0 Å². The van der Waals surface area contributed by atoms with Gasteiger partial charge >= 0.3 is 0 Å². The topological polar surface area (TPSA) is 18.5 Å². The fourth-order valence-electron chi connectivity index (χ4n) is 4.25. The van der Waals surface area contributed by atoms with Crippen LogP contribution in [0.1, 0.15) is 95.4 Å². The predicted octanol–water partition coefficient (Wildman–Crippen LogP) is 9.32. The highest BCUT2D eigenvalue weighted by atomic mass is 16.5. The largest absolute Gasteiger partial charge is 0.496 e. The van der Waals surface area contributed by atoms with Gasteiger partial charge in [0.05, 0.1) is 14.2 Å². The normalized spacial score (nSPS) is 12.7. The van der Waals surface area contributed by atoms with Crippen LogP contribution in [-0.4, -0.2) is 14.2 Å². The Balaban J connectivity index is 2.63. The van der Waals surface area contributed by atoms with Gasteiger partial charge < -0.3 is 9.47 Å². The monoisotopic (exact) mass is 452 g/mol. The fourth-order valence-corrected chi connectivity index (χ4v) is 4.25. The zero-order chi connectivity index (χ0) is 25.0. The fraction of sp³-hybridized carbons (Fsp3) is 0.548. The van der Waals surface area contributed by atoms with E-state index in [0.29, 0.717) is 0 Å². The number of allylic oxidation sites excluding steroid dienone is 8. The van der Waals surface area contributed by atoms with Gasteiger partial charge in [0.2, 0.25) is 0 Å². The summed E-state index contributed by atoms with van der Waals surface area (Å²) in [6, 6.07) is 0. The minimum absolute atomic E-state index is 0.873. The third-order valence-electron chi connectivity index (χ3n) is 6.53. The number of hydrogen-bond donors (Lipinski definition) is 0. The Kier molecular flexibility index (Phi) is 13.0. The summed E-state index contributed by atoms with van der Waals surface area (Å²) >= 11 is 0. The molecule has 0 saturated heterocycles. The molecule has 0 aromatic heterocycles. The van der Waals surface area contributed by atoms with Gasteiger partial charge in [0.25, 0.3) is 0 Å². The molecule has 0 N–H and O–H groups in total. The van der Waals surface area contributed by atoms with Crippen LogP contribution in [0.5, 0.6) is 11.5 Å². The van der Waals surface area contributed by atoms with E-state index in [1.165, 1.54) is 45.4 Å². The van der Waals surface area contributed by atoms with E-state index in [0.717, 1.165) is 55.6 Å². The zero-order valence-corrected chi connectivity index (χ0v) is 23.1. The molecule has 1 rings (SSSR count). The molecule has 1 aromatic carbocycles. The van der Waals surface area contributed by atoms with Crippen LogP contribution >= 0.6 is 0 Å². The van der Waals surface area contributed by atoms with Crippen molar-refractivity contribution in [1.29, 1.82) is 0 Å². The van der Waals surface area contributed by atoms with Gasteiger partial charge in [-0.2, -0.15) is 0 Å². The molecule has 0 atom stereocenters. The molecule has 0 aliphatic rings. The van der Waals surface area contributed by atoms with E-state index >= 15 is 0 Å². The van der Waals surface area contributed by atoms with Crippen LogP contribution in [0.2, 0.25) is 0 Å². The lowest BCUT2D eigenvalue weighted by Crippen LogP contribution is -2.03. The lowest BCUT2D eigenvalue weighted by Gasteiger charge is -2.20. The van der Waals surface area contributed by atoms with Crippen molar-refractivity contribution in [2.75, 3.05) is 14.2 Å². The summed E-state index contributed by atoms with van der Waals surface area (Å²) in [5.41, 5.74) is 10.6. The lowest BCUT2D eigenvalue weighted by atomic mass is 9.94. The van der Waals surface area contributed by atoms with Crippen LogP contribution in [0.25, 0.3) is 0 Å². The lowest BCUT2D eigenvalue weighted by molar-refractivity contribution is 0.391. The molecule has 0 heterocycles. The smallest absolute Gasteiger partial charge is 0.126 e. The van der Waals surface area contributed by atoms with Crippen molar-refractivity contribution < 1.29 is 9.47 Å². The Morgan fingerprint density at radius 2 is 1.00 bits per heavy atom. The first-order valence-electron chi connectivity index (χ1n) is 12.4. The van der Waals surface area contributed by atoms with Crippen LogP contribution in [0.3, 0.4) is 0 Å². The van der Waals surface area contributed by atoms with E-state index in [9.17, 15) is 0 Å². The summed E-state index contributed by atoms with van der Waals surface area (Å²) in [5.74, 6) is 1.98. The van der Waals surface area contributed by atoms with E-state index < -0.39 is 0 Å². The summed E-state index contributed by atoms with van der Waals surface area (Å²) < 4.78 is 11.4. The van der Waals surface area contributed by atoms with Crippen LogP contribution in [-0.2, 0) is 6.42 Å². The van der Waals surface area contributed by atoms with Gasteiger partial charge in [-0.1, -0.05) is 46.6 Å². The first-order chi connectivity index (χ1) is 15.6. The van der Waals surface area contributed by atoms with E-state index in [4.69, 9.17) is 9.47 Å². The van der Waals surface area contributed by atoms with Crippen molar-refractivity contribution in [2.24, 2.45) is 0 Å². The third-order valence-corrected chi connectivity index (χ3v) is 6.53. The highest BCUT2D eigenvalue weighted by Crippen LogP contribution is 2.38. The molecule has 33 heavy (non-hydrogen) atoms. The van der Waals surface area contributed by atoms with Gasteiger partial charge in [-0.15, -0.1) is 0 Å². The number of ether oxygens (including phenoxy) is 2. The maximum Gasteiger partial charge on any atom is 0.126 e. The van der Waals surface area contributed by atoms with Crippen LogP contribution in [0.4, 0.5) is 0 Å². The number of hydrogen-bond acceptors (Lipinski definition) is 2. The molecular formula is C31H48O2. The molecular weight excluding hydrogens is 404 g/mol. The summed E-state index contributed by atoms with van der Waals surface area (Å²) in [6.07, 6.45) is 17.2. The van der Waals surface area contributed by atoms with Crippen molar-refractivity contribution in [3.8, 4) is 11.5 Å². The Hall–Kier alpha value is -2.22. The number of methoxy groups -OCH3 is 2. The van der Waals surface area contributed by atoms with E-state index in [2.05, 4.69) is 79.7 Å². The number of rotatable bonds is 13. The maximum atomic E-state index is 5.77. The molecule has 2 nitrogen and oxygen atoms in total. The second kappa shape index (κ2) is 14.8. The Morgan fingerprint density at radius 3 is 1.45 bits per heavy atom. The average molecular weight is 453 g/mol. The first-order valence-corrected chi connectivity index (χ1v) is 12.4. The molecule has 0 aliphatic heterocycles. The van der Waals surface area contributed by atoms with E-state index in [1.807, 2.05) is 0 Å². The van der Waals surface area contributed by atoms with Crippen molar-refractivity contribution in [2.45, 2.75) is 100 Å². The van der Waals surface area contributed by atoms with Crippen molar-refractivity contribution in [3.05, 3.63) is 68.9 Å². The van der Waals surface area contributed by atoms with Crippen LogP contribution in [0, 0.1) is 20.8 Å². The molecule has 0 amide bonds. The summed E-state index contributed by atoms with van der Waals surface area (Å²) in [5, 5.41) is 0. The van der Waals surface area contributed by atoms with Crippen molar-refractivity contribution in [3.63, 3.8) is 0 Å². The quantitative estimate of drug-likeness (QED) is 0.278. The Labute approximate surface area is 204 Å². The van der Waals surface area contributed by atoms with Gasteiger partial charge in [0.15, 0.2) is 0 Å². The SMILES string of the molecule is COc1c(C)c(C)c(OC)c(C/C=C(\C)CCC=C(C)CCC=C(C)CCC=C(C)C)c1C. The molecule has 0 spiro atoms. The van der Waals surface area contributed by atoms with Gasteiger partial charge in [-0.05, 0) is 117 Å². The molecule has 0 bridgehead atoms. The second-order valence-electron chi connectivity index (χ2n) is 9.67. The molecule has 0 saturated carbocycles. The minimum atomic E-state index is 0.873. The molecule has 0 fully saturated rings. The second-order valence-corrected chi connectivity index (χ2v) is 9.67. The van der Waals surface area contributed by atoms with Crippen molar-refractivity contribution in [1.82, 2.24) is 0 Å². The predicted molar refractivity (Wildman–Crippen MR) is 146 cm³/mol.